The Labute approximate surface area is 165 Å². The fourth-order valence-corrected chi connectivity index (χ4v) is 3.49. The molecule has 0 fully saturated rings. The van der Waals surface area contributed by atoms with Crippen molar-refractivity contribution in [3.05, 3.63) is 59.5 Å². The minimum Gasteiger partial charge on any atom is -0.497 e. The Morgan fingerprint density at radius 1 is 1.18 bits per heavy atom. The zero-order valence-electron chi connectivity index (χ0n) is 15.4. The van der Waals surface area contributed by atoms with Crippen LogP contribution in [0.15, 0.2) is 53.9 Å². The molecule has 28 heavy (non-hydrogen) atoms. The molecular weight excluding hydrogens is 376 g/mol. The minimum absolute atomic E-state index is 0.112. The van der Waals surface area contributed by atoms with Crippen LogP contribution in [0, 0.1) is 6.92 Å². The van der Waals surface area contributed by atoms with E-state index in [1.165, 1.54) is 11.3 Å². The molecule has 7 nitrogen and oxygen atoms in total. The van der Waals surface area contributed by atoms with E-state index in [9.17, 15) is 4.79 Å². The molecule has 0 aliphatic carbocycles. The Morgan fingerprint density at radius 3 is 2.79 bits per heavy atom. The topological polar surface area (TPSA) is 77.8 Å². The number of amides is 1. The number of carbonyl (C=O) groups is 1. The van der Waals surface area contributed by atoms with Crippen molar-refractivity contribution in [1.82, 2.24) is 14.6 Å². The number of nitrogens with one attached hydrogen (secondary N) is 1. The number of thiazole rings is 1. The van der Waals surface area contributed by atoms with Crippen molar-refractivity contribution < 1.29 is 14.3 Å². The van der Waals surface area contributed by atoms with E-state index in [2.05, 4.69) is 15.4 Å². The maximum atomic E-state index is 12.2. The molecule has 0 saturated heterocycles. The highest BCUT2D eigenvalue weighted by Crippen LogP contribution is 2.28. The Bertz CT molecular complexity index is 1120. The third-order valence-corrected chi connectivity index (χ3v) is 4.91. The van der Waals surface area contributed by atoms with Crippen molar-refractivity contribution >= 4 is 28.2 Å². The largest absolute Gasteiger partial charge is 0.497 e. The lowest BCUT2D eigenvalue weighted by atomic mass is 10.2. The summed E-state index contributed by atoms with van der Waals surface area (Å²) in [5.74, 6) is 1.33. The molecule has 1 amide bonds. The fourth-order valence-electron chi connectivity index (χ4n) is 2.66. The van der Waals surface area contributed by atoms with Gasteiger partial charge >= 0.3 is 0 Å². The van der Waals surface area contributed by atoms with Crippen LogP contribution in [0.3, 0.4) is 0 Å². The predicted octanol–water partition coefficient (Wildman–Crippen LogP) is 3.79. The predicted molar refractivity (Wildman–Crippen MR) is 108 cm³/mol. The molecule has 2 aromatic carbocycles. The molecule has 0 aliphatic rings. The molecule has 2 aromatic heterocycles. The number of nitrogens with zero attached hydrogens (tertiary/aromatic N) is 3. The third kappa shape index (κ3) is 3.81. The third-order valence-electron chi connectivity index (χ3n) is 4.09. The first-order chi connectivity index (χ1) is 13.6. The van der Waals surface area contributed by atoms with Gasteiger partial charge in [0.25, 0.3) is 11.9 Å². The number of fused-ring (bicyclic) bond motifs is 1. The van der Waals surface area contributed by atoms with E-state index in [0.29, 0.717) is 10.7 Å². The molecule has 8 heteroatoms. The van der Waals surface area contributed by atoms with Crippen LogP contribution >= 0.6 is 11.3 Å². The lowest BCUT2D eigenvalue weighted by Crippen LogP contribution is -2.20. The van der Waals surface area contributed by atoms with Gasteiger partial charge in [-0.25, -0.2) is 4.52 Å². The molecule has 1 N–H and O–H groups in total. The van der Waals surface area contributed by atoms with Crippen molar-refractivity contribution in [3.63, 3.8) is 0 Å². The van der Waals surface area contributed by atoms with Gasteiger partial charge < -0.3 is 9.47 Å². The van der Waals surface area contributed by atoms with Crippen LogP contribution < -0.4 is 14.8 Å². The number of carbonyl (C=O) groups excluding carboxylic acids is 1. The molecule has 4 rings (SSSR count). The second-order valence-electron chi connectivity index (χ2n) is 6.13. The summed E-state index contributed by atoms with van der Waals surface area (Å²) in [5.41, 5.74) is 2.96. The first-order valence-electron chi connectivity index (χ1n) is 8.60. The molecule has 0 bridgehead atoms. The van der Waals surface area contributed by atoms with Crippen LogP contribution in [0.2, 0.25) is 0 Å². The van der Waals surface area contributed by atoms with Gasteiger partial charge in [-0.1, -0.05) is 29.8 Å². The van der Waals surface area contributed by atoms with E-state index in [0.717, 1.165) is 22.6 Å². The second-order valence-corrected chi connectivity index (χ2v) is 6.97. The van der Waals surface area contributed by atoms with Gasteiger partial charge in [0.2, 0.25) is 4.96 Å². The summed E-state index contributed by atoms with van der Waals surface area (Å²) in [6.07, 6.45) is 0. The summed E-state index contributed by atoms with van der Waals surface area (Å²) in [6.45, 7) is 1.88. The van der Waals surface area contributed by atoms with E-state index >= 15 is 0 Å². The van der Waals surface area contributed by atoms with Crippen LogP contribution in [0.5, 0.6) is 11.5 Å². The van der Waals surface area contributed by atoms with Crippen molar-refractivity contribution in [2.75, 3.05) is 19.0 Å². The Morgan fingerprint density at radius 2 is 2.00 bits per heavy atom. The number of aryl methyl sites for hydroxylation is 1. The number of methoxy groups -OCH3 is 1. The molecular formula is C20H18N4O3S. The van der Waals surface area contributed by atoms with Gasteiger partial charge in [0.15, 0.2) is 6.61 Å². The number of aromatic nitrogens is 3. The van der Waals surface area contributed by atoms with E-state index in [4.69, 9.17) is 9.47 Å². The number of benzene rings is 2. The highest BCUT2D eigenvalue weighted by Gasteiger charge is 2.14. The number of hydrogen-bond acceptors (Lipinski definition) is 6. The van der Waals surface area contributed by atoms with Crippen LogP contribution in [0.1, 0.15) is 5.56 Å². The van der Waals surface area contributed by atoms with Crippen LogP contribution in [0.4, 0.5) is 5.95 Å². The summed E-state index contributed by atoms with van der Waals surface area (Å²) in [5, 5.41) is 9.04. The molecule has 0 spiro atoms. The molecule has 4 aromatic rings. The first-order valence-corrected chi connectivity index (χ1v) is 9.48. The van der Waals surface area contributed by atoms with Crippen molar-refractivity contribution in [1.29, 1.82) is 0 Å². The standard InChI is InChI=1S/C20H18N4O3S/c1-13-6-8-15(9-7-13)27-11-18(25)21-19-22-20-24(23-19)17(12-28-20)14-4-3-5-16(10-14)26-2/h3-10,12H,11H2,1-2H3,(H,21,23,25). The minimum atomic E-state index is -0.318. The first kappa shape index (κ1) is 18.0. The van der Waals surface area contributed by atoms with Crippen molar-refractivity contribution in [2.45, 2.75) is 6.92 Å². The van der Waals surface area contributed by atoms with Gasteiger partial charge in [-0.2, -0.15) is 4.98 Å². The van der Waals surface area contributed by atoms with E-state index in [-0.39, 0.29) is 18.5 Å². The Balaban J connectivity index is 1.47. The Hall–Kier alpha value is -3.39. The average molecular weight is 394 g/mol. The number of rotatable bonds is 6. The maximum absolute atomic E-state index is 12.2. The molecule has 0 atom stereocenters. The number of hydrogen-bond donors (Lipinski definition) is 1. The molecule has 0 aliphatic heterocycles. The highest BCUT2D eigenvalue weighted by atomic mass is 32.1. The van der Waals surface area contributed by atoms with Gasteiger partial charge in [0, 0.05) is 10.9 Å². The maximum Gasteiger partial charge on any atom is 0.264 e. The zero-order valence-corrected chi connectivity index (χ0v) is 16.2. The lowest BCUT2D eigenvalue weighted by Gasteiger charge is -2.05. The van der Waals surface area contributed by atoms with Crippen LogP contribution in [-0.4, -0.2) is 34.2 Å². The SMILES string of the molecule is COc1cccc(-c2csc3nc(NC(=O)COc4ccc(C)cc4)nn23)c1. The average Bonchev–Trinajstić information content (AvgIpc) is 3.27. The summed E-state index contributed by atoms with van der Waals surface area (Å²) in [6, 6.07) is 15.2. The fraction of sp³-hybridized carbons (Fsp3) is 0.150. The summed E-state index contributed by atoms with van der Waals surface area (Å²) < 4.78 is 12.5. The smallest absolute Gasteiger partial charge is 0.264 e. The molecule has 142 valence electrons. The molecule has 0 unspecified atom stereocenters. The summed E-state index contributed by atoms with van der Waals surface area (Å²) >= 11 is 1.45. The van der Waals surface area contributed by atoms with E-state index in [1.54, 1.807) is 11.6 Å². The molecule has 2 heterocycles. The van der Waals surface area contributed by atoms with Gasteiger partial charge in [-0.15, -0.1) is 16.4 Å². The monoisotopic (exact) mass is 394 g/mol. The summed E-state index contributed by atoms with van der Waals surface area (Å²) in [7, 11) is 1.63. The Kier molecular flexibility index (Phi) is 4.94. The number of anilines is 1. The normalized spacial score (nSPS) is 10.8. The zero-order chi connectivity index (χ0) is 19.5. The number of ether oxygens (including phenoxy) is 2. The van der Waals surface area contributed by atoms with Crippen molar-refractivity contribution in [2.24, 2.45) is 0 Å². The lowest BCUT2D eigenvalue weighted by molar-refractivity contribution is -0.118. The van der Waals surface area contributed by atoms with Gasteiger partial charge in [-0.05, 0) is 31.2 Å². The van der Waals surface area contributed by atoms with Gasteiger partial charge in [0.05, 0.1) is 12.8 Å². The van der Waals surface area contributed by atoms with Crippen LogP contribution in [-0.2, 0) is 4.79 Å². The van der Waals surface area contributed by atoms with Gasteiger partial charge in [-0.3, -0.25) is 10.1 Å². The van der Waals surface area contributed by atoms with E-state index in [1.807, 2.05) is 60.8 Å². The van der Waals surface area contributed by atoms with Gasteiger partial charge in [0.1, 0.15) is 11.5 Å². The summed E-state index contributed by atoms with van der Waals surface area (Å²) in [4.78, 5) is 17.2. The molecule has 0 saturated carbocycles. The molecule has 0 radical (unpaired) electrons. The van der Waals surface area contributed by atoms with Crippen molar-refractivity contribution in [3.8, 4) is 22.8 Å². The van der Waals surface area contributed by atoms with Crippen LogP contribution in [0.25, 0.3) is 16.2 Å². The van der Waals surface area contributed by atoms with E-state index < -0.39 is 0 Å². The quantitative estimate of drug-likeness (QED) is 0.538. The second kappa shape index (κ2) is 7.69. The highest BCUT2D eigenvalue weighted by molar-refractivity contribution is 7.15.